The van der Waals surface area contributed by atoms with Crippen molar-refractivity contribution >= 4 is 11.8 Å². The molecule has 0 saturated heterocycles. The topological polar surface area (TPSA) is 71.5 Å². The van der Waals surface area contributed by atoms with E-state index in [1.165, 1.54) is 6.20 Å². The maximum absolute atomic E-state index is 10.7. The molecule has 0 spiro atoms. The van der Waals surface area contributed by atoms with E-state index >= 15 is 0 Å². The van der Waals surface area contributed by atoms with Crippen LogP contribution in [0.4, 0.5) is 5.82 Å². The van der Waals surface area contributed by atoms with Gasteiger partial charge in [0, 0.05) is 19.3 Å². The molecule has 5 heteroatoms. The number of carboxylic acids is 1. The Kier molecular flexibility index (Phi) is 3.58. The number of ether oxygens (including phenoxy) is 1. The molecule has 0 radical (unpaired) electrons. The number of anilines is 1. The summed E-state index contributed by atoms with van der Waals surface area (Å²) >= 11 is 0. The van der Waals surface area contributed by atoms with Crippen LogP contribution in [-0.4, -0.2) is 35.3 Å². The van der Waals surface area contributed by atoms with E-state index in [2.05, 4.69) is 10.3 Å². The summed E-state index contributed by atoms with van der Waals surface area (Å²) in [4.78, 5) is 14.7. The zero-order chi connectivity index (χ0) is 12.3. The molecular weight excluding hydrogens is 220 g/mol. The third kappa shape index (κ3) is 2.94. The highest BCUT2D eigenvalue weighted by Gasteiger charge is 2.24. The molecule has 2 rings (SSSR count). The fourth-order valence-corrected chi connectivity index (χ4v) is 2.10. The number of nitrogens with zero attached hydrogens (tertiary/aromatic N) is 1. The molecule has 5 nitrogen and oxygen atoms in total. The minimum atomic E-state index is -0.954. The van der Waals surface area contributed by atoms with Gasteiger partial charge in [0.1, 0.15) is 5.82 Å². The van der Waals surface area contributed by atoms with Crippen LogP contribution in [0, 0.1) is 0 Å². The predicted molar refractivity (Wildman–Crippen MR) is 63.3 cm³/mol. The maximum atomic E-state index is 10.7. The molecule has 1 aliphatic rings. The molecule has 0 amide bonds. The largest absolute Gasteiger partial charge is 0.478 e. The van der Waals surface area contributed by atoms with Crippen LogP contribution in [0.2, 0.25) is 0 Å². The van der Waals surface area contributed by atoms with Crippen LogP contribution in [0.3, 0.4) is 0 Å². The Hall–Kier alpha value is -1.62. The van der Waals surface area contributed by atoms with Crippen LogP contribution in [0.15, 0.2) is 18.3 Å². The van der Waals surface area contributed by atoms with Crippen molar-refractivity contribution in [1.29, 1.82) is 0 Å². The molecule has 1 fully saturated rings. The van der Waals surface area contributed by atoms with E-state index in [1.807, 2.05) is 0 Å². The molecule has 2 N–H and O–H groups in total. The van der Waals surface area contributed by atoms with Crippen molar-refractivity contribution in [2.24, 2.45) is 0 Å². The van der Waals surface area contributed by atoms with Crippen LogP contribution in [0.5, 0.6) is 0 Å². The highest BCUT2D eigenvalue weighted by Crippen LogP contribution is 2.24. The summed E-state index contributed by atoms with van der Waals surface area (Å²) in [5.74, 6) is -0.235. The second-order valence-electron chi connectivity index (χ2n) is 4.25. The molecule has 17 heavy (non-hydrogen) atoms. The zero-order valence-electron chi connectivity index (χ0n) is 9.72. The first-order chi connectivity index (χ1) is 8.19. The normalized spacial score (nSPS) is 23.6. The van der Waals surface area contributed by atoms with Gasteiger partial charge in [-0.25, -0.2) is 9.78 Å². The standard InChI is InChI=1S/C12H16N2O3/c1-17-10-4-3-9(6-10)14-11-5-2-8(7-13-11)12(15)16/h2,5,7,9-10H,3-4,6H2,1H3,(H,13,14)(H,15,16). The van der Waals surface area contributed by atoms with Crippen LogP contribution >= 0.6 is 0 Å². The fraction of sp³-hybridized carbons (Fsp3) is 0.500. The summed E-state index contributed by atoms with van der Waals surface area (Å²) in [5.41, 5.74) is 0.205. The summed E-state index contributed by atoms with van der Waals surface area (Å²) in [6.45, 7) is 0. The smallest absolute Gasteiger partial charge is 0.337 e. The van der Waals surface area contributed by atoms with Crippen molar-refractivity contribution in [3.63, 3.8) is 0 Å². The van der Waals surface area contributed by atoms with Gasteiger partial charge < -0.3 is 15.2 Å². The van der Waals surface area contributed by atoms with Gasteiger partial charge in [0.15, 0.2) is 0 Å². The molecule has 1 aromatic heterocycles. The summed E-state index contributed by atoms with van der Waals surface area (Å²) in [5, 5.41) is 12.0. The summed E-state index contributed by atoms with van der Waals surface area (Å²) in [6.07, 6.45) is 4.78. The molecule has 0 bridgehead atoms. The third-order valence-electron chi connectivity index (χ3n) is 3.08. The van der Waals surface area contributed by atoms with Crippen LogP contribution in [0.25, 0.3) is 0 Å². The van der Waals surface area contributed by atoms with Gasteiger partial charge in [-0.1, -0.05) is 0 Å². The van der Waals surface area contributed by atoms with Gasteiger partial charge >= 0.3 is 5.97 Å². The Balaban J connectivity index is 1.93. The molecule has 0 aliphatic heterocycles. The van der Waals surface area contributed by atoms with Crippen molar-refractivity contribution in [2.45, 2.75) is 31.4 Å². The Morgan fingerprint density at radius 3 is 2.88 bits per heavy atom. The number of hydrogen-bond acceptors (Lipinski definition) is 4. The van der Waals surface area contributed by atoms with Gasteiger partial charge in [0.2, 0.25) is 0 Å². The Bertz CT molecular complexity index is 391. The average Bonchev–Trinajstić information content (AvgIpc) is 2.77. The first-order valence-corrected chi connectivity index (χ1v) is 5.67. The van der Waals surface area contributed by atoms with E-state index in [0.717, 1.165) is 25.1 Å². The van der Waals surface area contributed by atoms with Crippen LogP contribution in [0.1, 0.15) is 29.6 Å². The van der Waals surface area contributed by atoms with Crippen molar-refractivity contribution in [1.82, 2.24) is 4.98 Å². The number of aromatic nitrogens is 1. The van der Waals surface area contributed by atoms with Crippen LogP contribution < -0.4 is 5.32 Å². The molecule has 1 heterocycles. The van der Waals surface area contributed by atoms with Crippen molar-refractivity contribution in [2.75, 3.05) is 12.4 Å². The molecular formula is C12H16N2O3. The Labute approximate surface area is 99.8 Å². The summed E-state index contributed by atoms with van der Waals surface area (Å²) in [6, 6.07) is 3.62. The number of pyridine rings is 1. The number of carbonyl (C=O) groups is 1. The minimum Gasteiger partial charge on any atom is -0.478 e. The molecule has 2 unspecified atom stereocenters. The lowest BCUT2D eigenvalue weighted by molar-refractivity contribution is 0.0696. The lowest BCUT2D eigenvalue weighted by atomic mass is 10.2. The summed E-state index contributed by atoms with van der Waals surface area (Å²) < 4.78 is 5.29. The average molecular weight is 236 g/mol. The van der Waals surface area contributed by atoms with E-state index in [1.54, 1.807) is 19.2 Å². The van der Waals surface area contributed by atoms with Crippen molar-refractivity contribution in [3.8, 4) is 0 Å². The number of hydrogen-bond donors (Lipinski definition) is 2. The van der Waals surface area contributed by atoms with Gasteiger partial charge in [0.05, 0.1) is 11.7 Å². The Morgan fingerprint density at radius 1 is 1.53 bits per heavy atom. The number of methoxy groups -OCH3 is 1. The highest BCUT2D eigenvalue weighted by atomic mass is 16.5. The Morgan fingerprint density at radius 2 is 2.35 bits per heavy atom. The van der Waals surface area contributed by atoms with E-state index in [4.69, 9.17) is 9.84 Å². The van der Waals surface area contributed by atoms with Crippen molar-refractivity contribution < 1.29 is 14.6 Å². The number of rotatable bonds is 4. The number of carboxylic acid groups (broad SMARTS) is 1. The molecule has 1 aliphatic carbocycles. The minimum absolute atomic E-state index is 0.205. The second-order valence-corrected chi connectivity index (χ2v) is 4.25. The first-order valence-electron chi connectivity index (χ1n) is 5.67. The first kappa shape index (κ1) is 11.9. The van der Waals surface area contributed by atoms with Gasteiger partial charge in [-0.05, 0) is 31.4 Å². The third-order valence-corrected chi connectivity index (χ3v) is 3.08. The lowest BCUT2D eigenvalue weighted by Crippen LogP contribution is -2.18. The van der Waals surface area contributed by atoms with Gasteiger partial charge in [-0.2, -0.15) is 0 Å². The molecule has 0 aromatic carbocycles. The number of aromatic carboxylic acids is 1. The molecule has 92 valence electrons. The van der Waals surface area contributed by atoms with Gasteiger partial charge in [0.25, 0.3) is 0 Å². The van der Waals surface area contributed by atoms with E-state index in [9.17, 15) is 4.79 Å². The molecule has 2 atom stereocenters. The van der Waals surface area contributed by atoms with Crippen LogP contribution in [-0.2, 0) is 4.74 Å². The molecule has 1 aromatic rings. The van der Waals surface area contributed by atoms with Gasteiger partial charge in [-0.15, -0.1) is 0 Å². The maximum Gasteiger partial charge on any atom is 0.337 e. The van der Waals surface area contributed by atoms with E-state index in [-0.39, 0.29) is 5.56 Å². The SMILES string of the molecule is COC1CCC(Nc2ccc(C(=O)O)cn2)C1. The van der Waals surface area contributed by atoms with Gasteiger partial charge in [-0.3, -0.25) is 0 Å². The second kappa shape index (κ2) is 5.14. The monoisotopic (exact) mass is 236 g/mol. The fourth-order valence-electron chi connectivity index (χ4n) is 2.10. The highest BCUT2D eigenvalue weighted by molar-refractivity contribution is 5.87. The zero-order valence-corrected chi connectivity index (χ0v) is 9.72. The van der Waals surface area contributed by atoms with Crippen molar-refractivity contribution in [3.05, 3.63) is 23.9 Å². The number of nitrogens with one attached hydrogen (secondary N) is 1. The quantitative estimate of drug-likeness (QED) is 0.833. The summed E-state index contributed by atoms with van der Waals surface area (Å²) in [7, 11) is 1.73. The predicted octanol–water partition coefficient (Wildman–Crippen LogP) is 1.76. The molecule has 1 saturated carbocycles. The van der Waals surface area contributed by atoms with E-state index in [0.29, 0.717) is 12.1 Å². The van der Waals surface area contributed by atoms with E-state index < -0.39 is 5.97 Å². The lowest BCUT2D eigenvalue weighted by Gasteiger charge is -2.13.